The Bertz CT molecular complexity index is 960. The van der Waals surface area contributed by atoms with E-state index in [2.05, 4.69) is 29.5 Å². The summed E-state index contributed by atoms with van der Waals surface area (Å²) < 4.78 is 2.06. The molecule has 3 aromatic rings. The van der Waals surface area contributed by atoms with Crippen molar-refractivity contribution in [2.45, 2.75) is 26.8 Å². The monoisotopic (exact) mass is 325 g/mol. The number of hydrogen-bond donors (Lipinski definition) is 1. The van der Waals surface area contributed by atoms with Gasteiger partial charge in [-0.05, 0) is 39.0 Å². The summed E-state index contributed by atoms with van der Waals surface area (Å²) in [5, 5.41) is 20.0. The van der Waals surface area contributed by atoms with Crippen LogP contribution in [0.25, 0.3) is 21.5 Å². The Morgan fingerprint density at radius 3 is 2.74 bits per heavy atom. The fourth-order valence-corrected chi connectivity index (χ4v) is 3.52. The summed E-state index contributed by atoms with van der Waals surface area (Å²) in [5.74, 6) is -0.962. The van der Waals surface area contributed by atoms with Gasteiger partial charge in [-0.1, -0.05) is 0 Å². The van der Waals surface area contributed by atoms with Gasteiger partial charge in [0.05, 0.1) is 11.3 Å². The van der Waals surface area contributed by atoms with Gasteiger partial charge >= 0.3 is 5.97 Å². The molecule has 2 aromatic heterocycles. The predicted octanol–water partition coefficient (Wildman–Crippen LogP) is 4.22. The lowest BCUT2D eigenvalue weighted by molar-refractivity contribution is 0.0701. The minimum Gasteiger partial charge on any atom is -0.477 e. The Morgan fingerprint density at radius 2 is 2.17 bits per heavy atom. The third-order valence-electron chi connectivity index (χ3n) is 3.75. The third kappa shape index (κ3) is 2.49. The summed E-state index contributed by atoms with van der Waals surface area (Å²) >= 11 is 1.16. The second kappa shape index (κ2) is 5.52. The Labute approximate surface area is 137 Å². The van der Waals surface area contributed by atoms with Crippen LogP contribution in [0, 0.1) is 18.3 Å². The van der Waals surface area contributed by atoms with Crippen molar-refractivity contribution < 1.29 is 9.90 Å². The molecule has 0 aliphatic heterocycles. The van der Waals surface area contributed by atoms with Crippen LogP contribution >= 0.6 is 11.3 Å². The normalized spacial score (nSPS) is 11.1. The SMILES string of the molecule is Cc1nc(-c2ccc3c(c2)c(C#N)cn3C(C)C)sc1C(=O)O. The van der Waals surface area contributed by atoms with Crippen molar-refractivity contribution in [3.8, 4) is 16.6 Å². The molecule has 0 saturated carbocycles. The molecule has 2 heterocycles. The van der Waals surface area contributed by atoms with Gasteiger partial charge in [-0.2, -0.15) is 5.26 Å². The average Bonchev–Trinajstić information content (AvgIpc) is 3.07. The first-order valence-corrected chi connectivity index (χ1v) is 7.99. The minimum atomic E-state index is -0.962. The molecule has 0 fully saturated rings. The van der Waals surface area contributed by atoms with Gasteiger partial charge in [-0.15, -0.1) is 11.3 Å². The largest absolute Gasteiger partial charge is 0.477 e. The van der Waals surface area contributed by atoms with Crippen LogP contribution in [0.2, 0.25) is 0 Å². The van der Waals surface area contributed by atoms with E-state index in [0.717, 1.165) is 27.8 Å². The highest BCUT2D eigenvalue weighted by Gasteiger charge is 2.17. The molecule has 0 spiro atoms. The van der Waals surface area contributed by atoms with Crippen molar-refractivity contribution in [3.05, 3.63) is 40.5 Å². The van der Waals surface area contributed by atoms with Gasteiger partial charge in [-0.25, -0.2) is 9.78 Å². The number of carbonyl (C=O) groups is 1. The molecule has 0 atom stereocenters. The van der Waals surface area contributed by atoms with Crippen LogP contribution in [0.15, 0.2) is 24.4 Å². The van der Waals surface area contributed by atoms with E-state index in [1.165, 1.54) is 0 Å². The molecule has 0 saturated heterocycles. The number of aromatic carboxylic acids is 1. The predicted molar refractivity (Wildman–Crippen MR) is 89.8 cm³/mol. The fraction of sp³-hybridized carbons (Fsp3) is 0.235. The molecule has 3 rings (SSSR count). The topological polar surface area (TPSA) is 78.9 Å². The van der Waals surface area contributed by atoms with Gasteiger partial charge < -0.3 is 9.67 Å². The number of carboxylic acids is 1. The zero-order valence-electron chi connectivity index (χ0n) is 13.0. The Kier molecular flexibility index (Phi) is 3.66. The van der Waals surface area contributed by atoms with Crippen molar-refractivity contribution in [1.29, 1.82) is 5.26 Å². The van der Waals surface area contributed by atoms with Crippen molar-refractivity contribution in [1.82, 2.24) is 9.55 Å². The molecule has 1 N–H and O–H groups in total. The number of hydrogen-bond acceptors (Lipinski definition) is 4. The maximum absolute atomic E-state index is 11.2. The first-order valence-electron chi connectivity index (χ1n) is 7.18. The summed E-state index contributed by atoms with van der Waals surface area (Å²) in [6, 6.07) is 8.28. The standard InChI is InChI=1S/C17H15N3O2S/c1-9(2)20-8-12(7-18)13-6-11(4-5-14(13)20)16-19-10(3)15(23-16)17(21)22/h4-6,8-9H,1-3H3,(H,21,22). The number of benzene rings is 1. The molecular formula is C17H15N3O2S. The van der Waals surface area contributed by atoms with Gasteiger partial charge in [0.25, 0.3) is 0 Å². The van der Waals surface area contributed by atoms with Gasteiger partial charge in [0.2, 0.25) is 0 Å². The zero-order chi connectivity index (χ0) is 16.7. The number of rotatable bonds is 3. The second-order valence-corrected chi connectivity index (χ2v) is 6.63. The maximum Gasteiger partial charge on any atom is 0.347 e. The van der Waals surface area contributed by atoms with E-state index in [1.54, 1.807) is 6.92 Å². The highest BCUT2D eigenvalue weighted by Crippen LogP contribution is 2.32. The van der Waals surface area contributed by atoms with E-state index < -0.39 is 5.97 Å². The smallest absolute Gasteiger partial charge is 0.347 e. The lowest BCUT2D eigenvalue weighted by Crippen LogP contribution is -1.97. The zero-order valence-corrected chi connectivity index (χ0v) is 13.8. The molecule has 0 amide bonds. The molecule has 0 aliphatic rings. The number of nitriles is 1. The van der Waals surface area contributed by atoms with Crippen molar-refractivity contribution in [2.75, 3.05) is 0 Å². The lowest BCUT2D eigenvalue weighted by Gasteiger charge is -2.09. The highest BCUT2D eigenvalue weighted by atomic mass is 32.1. The van der Waals surface area contributed by atoms with E-state index >= 15 is 0 Å². The molecular weight excluding hydrogens is 310 g/mol. The Morgan fingerprint density at radius 1 is 1.43 bits per heavy atom. The molecule has 23 heavy (non-hydrogen) atoms. The number of nitrogens with zero attached hydrogens (tertiary/aromatic N) is 3. The van der Waals surface area contributed by atoms with E-state index in [4.69, 9.17) is 5.11 Å². The first-order chi connectivity index (χ1) is 10.9. The molecule has 0 bridgehead atoms. The second-order valence-electron chi connectivity index (χ2n) is 5.63. The van der Waals surface area contributed by atoms with Gasteiger partial charge in [-0.3, -0.25) is 0 Å². The van der Waals surface area contributed by atoms with E-state index in [9.17, 15) is 10.1 Å². The number of aryl methyl sites for hydroxylation is 1. The van der Waals surface area contributed by atoms with Crippen LogP contribution in [-0.2, 0) is 0 Å². The Balaban J connectivity index is 2.19. The quantitative estimate of drug-likeness (QED) is 0.782. The molecule has 116 valence electrons. The minimum absolute atomic E-state index is 0.250. The van der Waals surface area contributed by atoms with E-state index in [0.29, 0.717) is 16.3 Å². The van der Waals surface area contributed by atoms with E-state index in [1.807, 2.05) is 24.4 Å². The average molecular weight is 325 g/mol. The summed E-state index contributed by atoms with van der Waals surface area (Å²) in [5.41, 5.74) is 2.95. The Hall–Kier alpha value is -2.65. The van der Waals surface area contributed by atoms with Crippen molar-refractivity contribution in [2.24, 2.45) is 0 Å². The number of thiazole rings is 1. The molecule has 0 aliphatic carbocycles. The van der Waals surface area contributed by atoms with Crippen molar-refractivity contribution in [3.63, 3.8) is 0 Å². The van der Waals surface area contributed by atoms with Crippen LogP contribution in [0.5, 0.6) is 0 Å². The maximum atomic E-state index is 11.2. The summed E-state index contributed by atoms with van der Waals surface area (Å²) in [7, 11) is 0. The number of aromatic nitrogens is 2. The van der Waals surface area contributed by atoms with Crippen LogP contribution in [0.1, 0.15) is 40.8 Å². The summed E-state index contributed by atoms with van der Waals surface area (Å²) in [6.45, 7) is 5.83. The van der Waals surface area contributed by atoms with Gasteiger partial charge in [0.15, 0.2) is 0 Å². The first kappa shape index (κ1) is 15.3. The molecule has 0 radical (unpaired) electrons. The van der Waals surface area contributed by atoms with Crippen LogP contribution in [-0.4, -0.2) is 20.6 Å². The lowest BCUT2D eigenvalue weighted by atomic mass is 10.1. The van der Waals surface area contributed by atoms with Crippen molar-refractivity contribution >= 4 is 28.2 Å². The van der Waals surface area contributed by atoms with Gasteiger partial charge in [0.1, 0.15) is 16.0 Å². The van der Waals surface area contributed by atoms with E-state index in [-0.39, 0.29) is 10.9 Å². The summed E-state index contributed by atoms with van der Waals surface area (Å²) in [4.78, 5) is 15.8. The third-order valence-corrected chi connectivity index (χ3v) is 4.94. The molecule has 1 aromatic carbocycles. The number of fused-ring (bicyclic) bond motifs is 1. The van der Waals surface area contributed by atoms with Crippen LogP contribution in [0.4, 0.5) is 0 Å². The highest BCUT2D eigenvalue weighted by molar-refractivity contribution is 7.17. The van der Waals surface area contributed by atoms with Crippen LogP contribution in [0.3, 0.4) is 0 Å². The van der Waals surface area contributed by atoms with Gasteiger partial charge in [0, 0.05) is 28.7 Å². The molecule has 0 unspecified atom stereocenters. The van der Waals surface area contributed by atoms with Crippen LogP contribution < -0.4 is 0 Å². The fourth-order valence-electron chi connectivity index (χ4n) is 2.62. The summed E-state index contributed by atoms with van der Waals surface area (Å²) in [6.07, 6.45) is 1.86. The molecule has 5 nitrogen and oxygen atoms in total. The number of carboxylic acid groups (broad SMARTS) is 1. The molecule has 6 heteroatoms.